The van der Waals surface area contributed by atoms with E-state index >= 15 is 0 Å². The zero-order valence-corrected chi connectivity index (χ0v) is 7.70. The zero-order valence-electron chi connectivity index (χ0n) is 7.70. The normalized spacial score (nSPS) is 28.7. The smallest absolute Gasteiger partial charge is 0.409 e. The van der Waals surface area contributed by atoms with Gasteiger partial charge >= 0.3 is 6.09 Å². The average molecular weight is 190 g/mol. The fraction of sp³-hybridized carbons (Fsp3) is 0.875. The second kappa shape index (κ2) is 4.41. The van der Waals surface area contributed by atoms with Crippen molar-refractivity contribution in [1.82, 2.24) is 4.90 Å². The highest BCUT2D eigenvalue weighted by atomic mass is 19.1. The number of piperidine rings is 1. The molecule has 0 bridgehead atoms. The van der Waals surface area contributed by atoms with Gasteiger partial charge in [0, 0.05) is 12.5 Å². The number of hydrogen-bond acceptors (Lipinski definition) is 3. The molecule has 0 aromatic rings. The van der Waals surface area contributed by atoms with Gasteiger partial charge in [0.15, 0.2) is 0 Å². The molecule has 2 N–H and O–H groups in total. The Morgan fingerprint density at radius 2 is 2.46 bits per heavy atom. The third-order valence-corrected chi connectivity index (χ3v) is 2.41. The first-order chi connectivity index (χ1) is 6.19. The van der Waals surface area contributed by atoms with Gasteiger partial charge in [-0.25, -0.2) is 9.18 Å². The van der Waals surface area contributed by atoms with Crippen LogP contribution in [0.4, 0.5) is 9.18 Å². The van der Waals surface area contributed by atoms with Crippen LogP contribution in [0.15, 0.2) is 0 Å². The van der Waals surface area contributed by atoms with E-state index in [4.69, 9.17) is 5.73 Å². The molecule has 1 aliphatic rings. The van der Waals surface area contributed by atoms with Gasteiger partial charge in [0.1, 0.15) is 6.17 Å². The van der Waals surface area contributed by atoms with Gasteiger partial charge in [0.05, 0.1) is 13.7 Å². The maximum atomic E-state index is 13.3. The van der Waals surface area contributed by atoms with Crippen molar-refractivity contribution in [3.8, 4) is 0 Å². The topological polar surface area (TPSA) is 55.6 Å². The molecule has 1 amide bonds. The summed E-state index contributed by atoms with van der Waals surface area (Å²) in [5.74, 6) is -0.110. The average Bonchev–Trinajstić information content (AvgIpc) is 2.16. The number of rotatable bonds is 1. The molecule has 1 aliphatic heterocycles. The molecule has 1 saturated heterocycles. The van der Waals surface area contributed by atoms with E-state index in [0.717, 1.165) is 0 Å². The molecule has 0 spiro atoms. The third kappa shape index (κ3) is 2.30. The van der Waals surface area contributed by atoms with Crippen molar-refractivity contribution in [2.45, 2.75) is 12.6 Å². The van der Waals surface area contributed by atoms with Crippen LogP contribution >= 0.6 is 0 Å². The molecular weight excluding hydrogens is 175 g/mol. The van der Waals surface area contributed by atoms with E-state index in [2.05, 4.69) is 4.74 Å². The van der Waals surface area contributed by atoms with Crippen molar-refractivity contribution in [2.75, 3.05) is 26.7 Å². The lowest BCUT2D eigenvalue weighted by Gasteiger charge is -2.32. The maximum Gasteiger partial charge on any atom is 0.409 e. The Morgan fingerprint density at radius 1 is 1.77 bits per heavy atom. The summed E-state index contributed by atoms with van der Waals surface area (Å²) in [4.78, 5) is 12.4. The van der Waals surface area contributed by atoms with Crippen molar-refractivity contribution in [1.29, 1.82) is 0 Å². The molecular formula is C8H15FN2O2. The zero-order chi connectivity index (χ0) is 9.84. The van der Waals surface area contributed by atoms with E-state index in [0.29, 0.717) is 19.5 Å². The Hall–Kier alpha value is -0.840. The van der Waals surface area contributed by atoms with Crippen LogP contribution in [0, 0.1) is 5.92 Å². The Kier molecular flexibility index (Phi) is 3.48. The van der Waals surface area contributed by atoms with Crippen LogP contribution in [-0.4, -0.2) is 43.9 Å². The third-order valence-electron chi connectivity index (χ3n) is 2.41. The standard InChI is InChI=1S/C8H15FN2O2/c1-13-8(12)11-3-2-6(4-10)7(9)5-11/h6-7H,2-5,10H2,1H3/t6-,7-/m1/s1. The van der Waals surface area contributed by atoms with Gasteiger partial charge < -0.3 is 15.4 Å². The fourth-order valence-corrected chi connectivity index (χ4v) is 1.51. The highest BCUT2D eigenvalue weighted by Crippen LogP contribution is 2.19. The first-order valence-electron chi connectivity index (χ1n) is 4.36. The van der Waals surface area contributed by atoms with Gasteiger partial charge in [-0.2, -0.15) is 0 Å². The predicted octanol–water partition coefficient (Wildman–Crippen LogP) is 0.372. The summed E-state index contributed by atoms with van der Waals surface area (Å²) in [5.41, 5.74) is 5.37. The van der Waals surface area contributed by atoms with E-state index in [1.807, 2.05) is 0 Å². The number of carbonyl (C=O) groups is 1. The van der Waals surface area contributed by atoms with Crippen LogP contribution in [0.1, 0.15) is 6.42 Å². The predicted molar refractivity (Wildman–Crippen MR) is 46.0 cm³/mol. The molecule has 5 heteroatoms. The highest BCUT2D eigenvalue weighted by molar-refractivity contribution is 5.67. The summed E-state index contributed by atoms with van der Waals surface area (Å²) < 4.78 is 17.8. The molecule has 2 atom stereocenters. The van der Waals surface area contributed by atoms with Crippen molar-refractivity contribution < 1.29 is 13.9 Å². The summed E-state index contributed by atoms with van der Waals surface area (Å²) in [5, 5.41) is 0. The molecule has 0 radical (unpaired) electrons. The van der Waals surface area contributed by atoms with Crippen molar-refractivity contribution >= 4 is 6.09 Å². The molecule has 1 fully saturated rings. The fourth-order valence-electron chi connectivity index (χ4n) is 1.51. The van der Waals surface area contributed by atoms with Crippen LogP contribution in [0.2, 0.25) is 0 Å². The van der Waals surface area contributed by atoms with Crippen molar-refractivity contribution in [3.63, 3.8) is 0 Å². The van der Waals surface area contributed by atoms with E-state index in [-0.39, 0.29) is 12.5 Å². The van der Waals surface area contributed by atoms with Gasteiger partial charge in [-0.3, -0.25) is 0 Å². The molecule has 0 aromatic carbocycles. The largest absolute Gasteiger partial charge is 0.453 e. The van der Waals surface area contributed by atoms with Gasteiger partial charge in [-0.1, -0.05) is 0 Å². The number of methoxy groups -OCH3 is 1. The Morgan fingerprint density at radius 3 is 2.92 bits per heavy atom. The number of alkyl halides is 1. The lowest BCUT2D eigenvalue weighted by atomic mass is 9.95. The Balaban J connectivity index is 2.45. The number of likely N-dealkylation sites (tertiary alicyclic amines) is 1. The number of halogens is 1. The van der Waals surface area contributed by atoms with Gasteiger partial charge in [0.25, 0.3) is 0 Å². The van der Waals surface area contributed by atoms with Crippen LogP contribution in [0.5, 0.6) is 0 Å². The number of carbonyl (C=O) groups excluding carboxylic acids is 1. The van der Waals surface area contributed by atoms with Crippen LogP contribution in [0.3, 0.4) is 0 Å². The van der Waals surface area contributed by atoms with Gasteiger partial charge in [-0.05, 0) is 13.0 Å². The molecule has 0 aromatic heterocycles. The van der Waals surface area contributed by atoms with E-state index < -0.39 is 12.3 Å². The summed E-state index contributed by atoms with van der Waals surface area (Å²) >= 11 is 0. The molecule has 4 nitrogen and oxygen atoms in total. The molecule has 0 unspecified atom stereocenters. The second-order valence-electron chi connectivity index (χ2n) is 3.22. The minimum atomic E-state index is -1.02. The quantitative estimate of drug-likeness (QED) is 0.650. The van der Waals surface area contributed by atoms with Gasteiger partial charge in [-0.15, -0.1) is 0 Å². The number of hydrogen-bond donors (Lipinski definition) is 1. The summed E-state index contributed by atoms with van der Waals surface area (Å²) in [6.45, 7) is 0.986. The minimum Gasteiger partial charge on any atom is -0.453 e. The number of nitrogens with two attached hydrogens (primary N) is 1. The summed E-state index contributed by atoms with van der Waals surface area (Å²) in [6, 6.07) is 0. The van der Waals surface area contributed by atoms with Crippen LogP contribution in [-0.2, 0) is 4.74 Å². The molecule has 1 heterocycles. The Labute approximate surface area is 76.8 Å². The summed E-state index contributed by atoms with van der Waals surface area (Å²) in [6.07, 6.45) is -0.858. The van der Waals surface area contributed by atoms with E-state index in [1.165, 1.54) is 12.0 Å². The highest BCUT2D eigenvalue weighted by Gasteiger charge is 2.30. The van der Waals surface area contributed by atoms with E-state index in [9.17, 15) is 9.18 Å². The summed E-state index contributed by atoms with van der Waals surface area (Å²) in [7, 11) is 1.30. The first kappa shape index (κ1) is 10.2. The number of ether oxygens (including phenoxy) is 1. The molecule has 13 heavy (non-hydrogen) atoms. The van der Waals surface area contributed by atoms with Crippen LogP contribution in [0.25, 0.3) is 0 Å². The SMILES string of the molecule is COC(=O)N1CC[C@H](CN)[C@H](F)C1. The van der Waals surface area contributed by atoms with Crippen LogP contribution < -0.4 is 5.73 Å². The second-order valence-corrected chi connectivity index (χ2v) is 3.22. The van der Waals surface area contributed by atoms with Crippen molar-refractivity contribution in [2.24, 2.45) is 11.7 Å². The Bertz CT molecular complexity index is 189. The lowest BCUT2D eigenvalue weighted by molar-refractivity contribution is 0.0682. The number of amides is 1. The van der Waals surface area contributed by atoms with Crippen molar-refractivity contribution in [3.05, 3.63) is 0 Å². The molecule has 76 valence electrons. The molecule has 0 saturated carbocycles. The lowest BCUT2D eigenvalue weighted by Crippen LogP contribution is -2.46. The van der Waals surface area contributed by atoms with E-state index in [1.54, 1.807) is 0 Å². The minimum absolute atomic E-state index is 0.106. The molecule has 1 rings (SSSR count). The first-order valence-corrected chi connectivity index (χ1v) is 4.36. The molecule has 0 aliphatic carbocycles. The van der Waals surface area contributed by atoms with Gasteiger partial charge in [0.2, 0.25) is 0 Å². The maximum absolute atomic E-state index is 13.3. The number of nitrogens with zero attached hydrogens (tertiary/aromatic N) is 1. The monoisotopic (exact) mass is 190 g/mol.